The molecule has 0 amide bonds. The molecule has 1 fully saturated rings. The molecule has 0 radical (unpaired) electrons. The third-order valence-corrected chi connectivity index (χ3v) is 3.41. The van der Waals surface area contributed by atoms with Crippen molar-refractivity contribution in [2.45, 2.75) is 18.9 Å². The minimum atomic E-state index is 0. The molecule has 1 aliphatic rings. The molecule has 1 aliphatic carbocycles. The standard InChI is InChI=1S/C11H14BrNO.ClH/c1-14-8-4-5-10(12)9(6-8)11(13)7-2-3-7;/h4-7,11H,2-3,13H2,1H3;1H/t11-;/m0./s1. The highest BCUT2D eigenvalue weighted by atomic mass is 79.9. The Hall–Kier alpha value is -0.250. The first-order valence-corrected chi connectivity index (χ1v) is 5.60. The summed E-state index contributed by atoms with van der Waals surface area (Å²) < 4.78 is 6.26. The van der Waals surface area contributed by atoms with Crippen molar-refractivity contribution in [3.8, 4) is 5.75 Å². The topological polar surface area (TPSA) is 35.2 Å². The van der Waals surface area contributed by atoms with Crippen molar-refractivity contribution in [2.24, 2.45) is 11.7 Å². The van der Waals surface area contributed by atoms with Crippen LogP contribution in [0.3, 0.4) is 0 Å². The summed E-state index contributed by atoms with van der Waals surface area (Å²) in [6.07, 6.45) is 2.51. The number of rotatable bonds is 3. The Bertz CT molecular complexity index is 341. The quantitative estimate of drug-likeness (QED) is 0.928. The Labute approximate surface area is 105 Å². The maximum atomic E-state index is 6.14. The normalized spacial score (nSPS) is 16.7. The molecule has 1 saturated carbocycles. The van der Waals surface area contributed by atoms with Crippen LogP contribution in [0.5, 0.6) is 5.75 Å². The molecule has 2 rings (SSSR count). The van der Waals surface area contributed by atoms with Gasteiger partial charge in [0.1, 0.15) is 5.75 Å². The third kappa shape index (κ3) is 2.86. The van der Waals surface area contributed by atoms with Gasteiger partial charge in [-0.1, -0.05) is 15.9 Å². The van der Waals surface area contributed by atoms with E-state index in [-0.39, 0.29) is 18.4 Å². The van der Waals surface area contributed by atoms with Crippen molar-refractivity contribution < 1.29 is 4.74 Å². The van der Waals surface area contributed by atoms with Crippen LogP contribution in [0.4, 0.5) is 0 Å². The molecule has 2 N–H and O–H groups in total. The number of methoxy groups -OCH3 is 1. The summed E-state index contributed by atoms with van der Waals surface area (Å²) in [7, 11) is 1.68. The molecule has 1 aromatic rings. The molecule has 2 nitrogen and oxygen atoms in total. The summed E-state index contributed by atoms with van der Waals surface area (Å²) in [6.45, 7) is 0. The SMILES string of the molecule is COc1ccc(Br)c([C@@H](N)C2CC2)c1.Cl. The second-order valence-corrected chi connectivity index (χ2v) is 4.60. The molecule has 0 aliphatic heterocycles. The fourth-order valence-corrected chi connectivity index (χ4v) is 2.12. The van der Waals surface area contributed by atoms with Gasteiger partial charge in [-0.25, -0.2) is 0 Å². The molecule has 15 heavy (non-hydrogen) atoms. The average molecular weight is 293 g/mol. The third-order valence-electron chi connectivity index (χ3n) is 2.69. The van der Waals surface area contributed by atoms with Gasteiger partial charge in [-0.15, -0.1) is 12.4 Å². The minimum Gasteiger partial charge on any atom is -0.497 e. The Morgan fingerprint density at radius 3 is 2.67 bits per heavy atom. The summed E-state index contributed by atoms with van der Waals surface area (Å²) in [5.41, 5.74) is 7.30. The van der Waals surface area contributed by atoms with Crippen LogP contribution in [0.25, 0.3) is 0 Å². The van der Waals surface area contributed by atoms with Gasteiger partial charge in [-0.3, -0.25) is 0 Å². The van der Waals surface area contributed by atoms with Crippen LogP contribution in [0.2, 0.25) is 0 Å². The number of nitrogens with two attached hydrogens (primary N) is 1. The lowest BCUT2D eigenvalue weighted by Crippen LogP contribution is -2.13. The van der Waals surface area contributed by atoms with Gasteiger partial charge >= 0.3 is 0 Å². The van der Waals surface area contributed by atoms with Crippen LogP contribution in [0, 0.1) is 5.92 Å². The highest BCUT2D eigenvalue weighted by molar-refractivity contribution is 9.10. The van der Waals surface area contributed by atoms with Crippen LogP contribution in [0.1, 0.15) is 24.4 Å². The van der Waals surface area contributed by atoms with E-state index in [0.717, 1.165) is 15.8 Å². The van der Waals surface area contributed by atoms with Crippen molar-refractivity contribution in [1.29, 1.82) is 0 Å². The molecule has 0 unspecified atom stereocenters. The highest BCUT2D eigenvalue weighted by Gasteiger charge is 2.30. The smallest absolute Gasteiger partial charge is 0.119 e. The van der Waals surface area contributed by atoms with E-state index in [4.69, 9.17) is 10.5 Å². The molecule has 0 bridgehead atoms. The van der Waals surface area contributed by atoms with Gasteiger partial charge in [0, 0.05) is 10.5 Å². The van der Waals surface area contributed by atoms with E-state index in [2.05, 4.69) is 15.9 Å². The summed E-state index contributed by atoms with van der Waals surface area (Å²) in [5, 5.41) is 0. The van der Waals surface area contributed by atoms with Crippen molar-refractivity contribution in [3.63, 3.8) is 0 Å². The Balaban J connectivity index is 0.00000112. The van der Waals surface area contributed by atoms with Gasteiger partial charge in [0.05, 0.1) is 7.11 Å². The zero-order chi connectivity index (χ0) is 10.1. The molecular formula is C11H15BrClNO. The molecule has 1 atom stereocenters. The fraction of sp³-hybridized carbons (Fsp3) is 0.455. The molecule has 1 aromatic carbocycles. The lowest BCUT2D eigenvalue weighted by atomic mass is 10.0. The van der Waals surface area contributed by atoms with Crippen molar-refractivity contribution >= 4 is 28.3 Å². The van der Waals surface area contributed by atoms with Crippen LogP contribution in [-0.4, -0.2) is 7.11 Å². The molecule has 0 heterocycles. The number of benzene rings is 1. The van der Waals surface area contributed by atoms with Gasteiger partial charge in [-0.2, -0.15) is 0 Å². The first-order chi connectivity index (χ1) is 6.72. The lowest BCUT2D eigenvalue weighted by molar-refractivity contribution is 0.413. The van der Waals surface area contributed by atoms with Gasteiger partial charge in [0.25, 0.3) is 0 Å². The van der Waals surface area contributed by atoms with E-state index in [1.165, 1.54) is 12.8 Å². The largest absolute Gasteiger partial charge is 0.497 e. The monoisotopic (exact) mass is 291 g/mol. The van der Waals surface area contributed by atoms with Crippen molar-refractivity contribution in [3.05, 3.63) is 28.2 Å². The van der Waals surface area contributed by atoms with Crippen LogP contribution < -0.4 is 10.5 Å². The van der Waals surface area contributed by atoms with Crippen molar-refractivity contribution in [2.75, 3.05) is 7.11 Å². The maximum absolute atomic E-state index is 6.14. The van der Waals surface area contributed by atoms with E-state index < -0.39 is 0 Å². The summed E-state index contributed by atoms with van der Waals surface area (Å²) in [6, 6.07) is 6.11. The van der Waals surface area contributed by atoms with Gasteiger partial charge in [-0.05, 0) is 42.5 Å². The van der Waals surface area contributed by atoms with Crippen molar-refractivity contribution in [1.82, 2.24) is 0 Å². The van der Waals surface area contributed by atoms with Crippen LogP contribution in [0.15, 0.2) is 22.7 Å². The predicted molar refractivity (Wildman–Crippen MR) is 67.6 cm³/mol. The number of hydrogen-bond donors (Lipinski definition) is 1. The molecule has 4 heteroatoms. The van der Waals surface area contributed by atoms with E-state index >= 15 is 0 Å². The zero-order valence-electron chi connectivity index (χ0n) is 8.57. The Morgan fingerprint density at radius 2 is 2.13 bits per heavy atom. The second kappa shape index (κ2) is 5.19. The molecule has 0 saturated heterocycles. The molecule has 0 aromatic heterocycles. The molecule has 84 valence electrons. The maximum Gasteiger partial charge on any atom is 0.119 e. The number of halogens is 2. The lowest BCUT2D eigenvalue weighted by Gasteiger charge is -2.13. The average Bonchev–Trinajstić information content (AvgIpc) is 3.01. The number of ether oxygens (including phenoxy) is 1. The van der Waals surface area contributed by atoms with E-state index in [0.29, 0.717) is 5.92 Å². The summed E-state index contributed by atoms with van der Waals surface area (Å²) in [4.78, 5) is 0. The van der Waals surface area contributed by atoms with E-state index in [1.54, 1.807) is 7.11 Å². The Morgan fingerprint density at radius 1 is 1.47 bits per heavy atom. The van der Waals surface area contributed by atoms with E-state index in [1.807, 2.05) is 18.2 Å². The molecule has 0 spiro atoms. The van der Waals surface area contributed by atoms with Gasteiger partial charge in [0.15, 0.2) is 0 Å². The van der Waals surface area contributed by atoms with Gasteiger partial charge < -0.3 is 10.5 Å². The minimum absolute atomic E-state index is 0. The number of hydrogen-bond acceptors (Lipinski definition) is 2. The Kier molecular flexibility index (Phi) is 4.44. The van der Waals surface area contributed by atoms with E-state index in [9.17, 15) is 0 Å². The molecular weight excluding hydrogens is 277 g/mol. The highest BCUT2D eigenvalue weighted by Crippen LogP contribution is 2.42. The summed E-state index contributed by atoms with van der Waals surface area (Å²) >= 11 is 3.52. The zero-order valence-corrected chi connectivity index (χ0v) is 11.0. The van der Waals surface area contributed by atoms with Gasteiger partial charge in [0.2, 0.25) is 0 Å². The summed E-state index contributed by atoms with van der Waals surface area (Å²) in [5.74, 6) is 1.54. The fourth-order valence-electron chi connectivity index (χ4n) is 1.61. The first-order valence-electron chi connectivity index (χ1n) is 4.81. The first kappa shape index (κ1) is 12.8. The van der Waals surface area contributed by atoms with Crippen LogP contribution >= 0.6 is 28.3 Å². The van der Waals surface area contributed by atoms with Crippen LogP contribution in [-0.2, 0) is 0 Å². The predicted octanol–water partition coefficient (Wildman–Crippen LogP) is 3.29. The second-order valence-electron chi connectivity index (χ2n) is 3.75.